The van der Waals surface area contributed by atoms with Crippen LogP contribution in [0.2, 0.25) is 0 Å². The van der Waals surface area contributed by atoms with Crippen molar-refractivity contribution in [1.29, 1.82) is 5.26 Å². The van der Waals surface area contributed by atoms with Crippen molar-refractivity contribution in [3.8, 4) is 6.07 Å². The van der Waals surface area contributed by atoms with Crippen LogP contribution in [0.1, 0.15) is 18.9 Å². The highest BCUT2D eigenvalue weighted by Gasteiger charge is 2.17. The fourth-order valence-electron chi connectivity index (χ4n) is 1.42. The van der Waals surface area contributed by atoms with E-state index in [-0.39, 0.29) is 5.91 Å². The second kappa shape index (κ2) is 6.62. The molecule has 0 aromatic heterocycles. The minimum atomic E-state index is -0.589. The number of amides is 1. The highest BCUT2D eigenvalue weighted by Crippen LogP contribution is 2.08. The molecule has 0 aliphatic rings. The number of carbonyl (C=O) groups is 1. The first kappa shape index (κ1) is 12.3. The van der Waals surface area contributed by atoms with Crippen LogP contribution >= 0.6 is 0 Å². The molecule has 0 radical (unpaired) electrons. The Morgan fingerprint density at radius 3 is 2.69 bits per heavy atom. The Hall–Kier alpha value is -1.82. The third-order valence-electron chi connectivity index (χ3n) is 2.30. The molecular weight excluding hydrogens is 200 g/mol. The first-order valence-corrected chi connectivity index (χ1v) is 5.49. The summed E-state index contributed by atoms with van der Waals surface area (Å²) in [5, 5.41) is 11.7. The normalized spacial score (nSPS) is 11.5. The summed E-state index contributed by atoms with van der Waals surface area (Å²) in [5.74, 6) is -0.762. The summed E-state index contributed by atoms with van der Waals surface area (Å²) in [5.41, 5.74) is 1.01. The Kier molecular flexibility index (Phi) is 5.07. The number of rotatable bonds is 5. The summed E-state index contributed by atoms with van der Waals surface area (Å²) in [4.78, 5) is 11.6. The van der Waals surface area contributed by atoms with Crippen LogP contribution in [0.5, 0.6) is 0 Å². The first-order valence-electron chi connectivity index (χ1n) is 5.49. The van der Waals surface area contributed by atoms with Crippen LogP contribution in [0, 0.1) is 17.2 Å². The van der Waals surface area contributed by atoms with E-state index in [1.165, 1.54) is 0 Å². The molecule has 3 nitrogen and oxygen atoms in total. The number of hydrogen-bond donors (Lipinski definition) is 1. The lowest BCUT2D eigenvalue weighted by Crippen LogP contribution is -2.31. The van der Waals surface area contributed by atoms with Crippen LogP contribution in [0.4, 0.5) is 0 Å². The molecule has 0 fully saturated rings. The van der Waals surface area contributed by atoms with Crippen molar-refractivity contribution in [2.75, 3.05) is 6.54 Å². The van der Waals surface area contributed by atoms with E-state index in [1.807, 2.05) is 43.3 Å². The van der Waals surface area contributed by atoms with E-state index in [4.69, 9.17) is 5.26 Å². The first-order chi connectivity index (χ1) is 7.77. The predicted molar refractivity (Wildman–Crippen MR) is 62.5 cm³/mol. The van der Waals surface area contributed by atoms with E-state index in [2.05, 4.69) is 5.32 Å². The molecule has 1 rings (SSSR count). The molecule has 0 saturated carbocycles. The molecule has 0 spiro atoms. The topological polar surface area (TPSA) is 52.9 Å². The van der Waals surface area contributed by atoms with Gasteiger partial charge in [0.1, 0.15) is 5.92 Å². The monoisotopic (exact) mass is 216 g/mol. The maximum absolute atomic E-state index is 11.6. The van der Waals surface area contributed by atoms with Gasteiger partial charge >= 0.3 is 0 Å². The van der Waals surface area contributed by atoms with Crippen molar-refractivity contribution >= 4 is 5.91 Å². The largest absolute Gasteiger partial charge is 0.355 e. The smallest absolute Gasteiger partial charge is 0.237 e. The molecule has 0 saturated heterocycles. The van der Waals surface area contributed by atoms with E-state index in [0.29, 0.717) is 13.0 Å². The molecular formula is C13H16N2O. The van der Waals surface area contributed by atoms with Gasteiger partial charge in [-0.2, -0.15) is 5.26 Å². The lowest BCUT2D eigenvalue weighted by atomic mass is 10.00. The van der Waals surface area contributed by atoms with Crippen LogP contribution in [0.3, 0.4) is 0 Å². The average molecular weight is 216 g/mol. The van der Waals surface area contributed by atoms with Gasteiger partial charge in [0.05, 0.1) is 6.07 Å². The van der Waals surface area contributed by atoms with Crippen molar-refractivity contribution in [1.82, 2.24) is 5.32 Å². The fraction of sp³-hybridized carbons (Fsp3) is 0.385. The minimum absolute atomic E-state index is 0.173. The van der Waals surface area contributed by atoms with Crippen LogP contribution < -0.4 is 5.32 Å². The Balaban J connectivity index is 2.56. The lowest BCUT2D eigenvalue weighted by Gasteiger charge is -2.09. The third kappa shape index (κ3) is 3.74. The SMILES string of the molecule is CCCNC(=O)C(C#N)Cc1ccccc1. The van der Waals surface area contributed by atoms with E-state index in [0.717, 1.165) is 12.0 Å². The Morgan fingerprint density at radius 2 is 2.12 bits per heavy atom. The fourth-order valence-corrected chi connectivity index (χ4v) is 1.42. The van der Waals surface area contributed by atoms with Crippen LogP contribution in [-0.2, 0) is 11.2 Å². The maximum atomic E-state index is 11.6. The summed E-state index contributed by atoms with van der Waals surface area (Å²) in [6, 6.07) is 11.6. The van der Waals surface area contributed by atoms with Gasteiger partial charge in [-0.15, -0.1) is 0 Å². The zero-order chi connectivity index (χ0) is 11.8. The molecule has 1 unspecified atom stereocenters. The van der Waals surface area contributed by atoms with Crippen molar-refractivity contribution in [3.05, 3.63) is 35.9 Å². The predicted octanol–water partition coefficient (Wildman–Crippen LogP) is 1.90. The molecule has 0 bridgehead atoms. The Bertz CT molecular complexity index is 367. The van der Waals surface area contributed by atoms with Gasteiger partial charge in [0.2, 0.25) is 5.91 Å². The number of benzene rings is 1. The van der Waals surface area contributed by atoms with Crippen LogP contribution in [0.25, 0.3) is 0 Å². The average Bonchev–Trinajstić information content (AvgIpc) is 2.34. The van der Waals surface area contributed by atoms with Gasteiger partial charge in [-0.3, -0.25) is 4.79 Å². The second-order valence-corrected chi connectivity index (χ2v) is 3.66. The Morgan fingerprint density at radius 1 is 1.44 bits per heavy atom. The number of hydrogen-bond acceptors (Lipinski definition) is 2. The van der Waals surface area contributed by atoms with E-state index in [9.17, 15) is 4.79 Å². The molecule has 1 amide bonds. The molecule has 1 atom stereocenters. The quantitative estimate of drug-likeness (QED) is 0.817. The zero-order valence-corrected chi connectivity index (χ0v) is 9.44. The maximum Gasteiger partial charge on any atom is 0.237 e. The summed E-state index contributed by atoms with van der Waals surface area (Å²) in [6.45, 7) is 2.62. The molecule has 0 aliphatic carbocycles. The third-order valence-corrected chi connectivity index (χ3v) is 2.30. The van der Waals surface area contributed by atoms with Gasteiger partial charge in [-0.05, 0) is 18.4 Å². The van der Waals surface area contributed by atoms with Gasteiger partial charge in [0.15, 0.2) is 0 Å². The number of nitrogens with one attached hydrogen (secondary N) is 1. The molecule has 3 heteroatoms. The molecule has 1 aromatic carbocycles. The number of carbonyl (C=O) groups excluding carboxylic acids is 1. The highest BCUT2D eigenvalue weighted by molar-refractivity contribution is 5.81. The van der Waals surface area contributed by atoms with Gasteiger partial charge in [-0.1, -0.05) is 37.3 Å². The number of nitrogens with zero attached hydrogens (tertiary/aromatic N) is 1. The van der Waals surface area contributed by atoms with Gasteiger partial charge in [-0.25, -0.2) is 0 Å². The van der Waals surface area contributed by atoms with Gasteiger partial charge in [0, 0.05) is 6.54 Å². The molecule has 16 heavy (non-hydrogen) atoms. The minimum Gasteiger partial charge on any atom is -0.355 e. The van der Waals surface area contributed by atoms with Crippen LogP contribution in [-0.4, -0.2) is 12.5 Å². The summed E-state index contributed by atoms with van der Waals surface area (Å²) in [6.07, 6.45) is 1.36. The van der Waals surface area contributed by atoms with Crippen molar-refractivity contribution in [2.45, 2.75) is 19.8 Å². The van der Waals surface area contributed by atoms with E-state index >= 15 is 0 Å². The van der Waals surface area contributed by atoms with Crippen molar-refractivity contribution < 1.29 is 4.79 Å². The molecule has 1 N–H and O–H groups in total. The highest BCUT2D eigenvalue weighted by atomic mass is 16.1. The number of nitriles is 1. The molecule has 0 heterocycles. The Labute approximate surface area is 96.1 Å². The second-order valence-electron chi connectivity index (χ2n) is 3.66. The molecule has 84 valence electrons. The van der Waals surface area contributed by atoms with E-state index < -0.39 is 5.92 Å². The van der Waals surface area contributed by atoms with E-state index in [1.54, 1.807) is 0 Å². The summed E-state index contributed by atoms with van der Waals surface area (Å²) < 4.78 is 0. The summed E-state index contributed by atoms with van der Waals surface area (Å²) in [7, 11) is 0. The molecule has 1 aromatic rings. The van der Waals surface area contributed by atoms with Gasteiger partial charge in [0.25, 0.3) is 0 Å². The van der Waals surface area contributed by atoms with Crippen molar-refractivity contribution in [2.24, 2.45) is 5.92 Å². The van der Waals surface area contributed by atoms with Crippen LogP contribution in [0.15, 0.2) is 30.3 Å². The van der Waals surface area contributed by atoms with Crippen molar-refractivity contribution in [3.63, 3.8) is 0 Å². The molecule has 0 aliphatic heterocycles. The summed E-state index contributed by atoms with van der Waals surface area (Å²) >= 11 is 0. The standard InChI is InChI=1S/C13H16N2O/c1-2-8-15-13(16)12(10-14)9-11-6-4-3-5-7-11/h3-7,12H,2,8-9H2,1H3,(H,15,16). The van der Waals surface area contributed by atoms with Gasteiger partial charge < -0.3 is 5.32 Å². The zero-order valence-electron chi connectivity index (χ0n) is 9.44. The lowest BCUT2D eigenvalue weighted by molar-refractivity contribution is -0.123.